The van der Waals surface area contributed by atoms with Crippen molar-refractivity contribution >= 4 is 12.0 Å². The van der Waals surface area contributed by atoms with Gasteiger partial charge in [-0.05, 0) is 30.7 Å². The molecule has 20 heavy (non-hydrogen) atoms. The van der Waals surface area contributed by atoms with E-state index >= 15 is 0 Å². The number of nitro groups is 1. The Morgan fingerprint density at radius 1 is 1.05 bits per heavy atom. The van der Waals surface area contributed by atoms with Gasteiger partial charge < -0.3 is 5.73 Å². The van der Waals surface area contributed by atoms with Crippen molar-refractivity contribution in [3.05, 3.63) is 75.8 Å². The fraction of sp³-hybridized carbons (Fsp3) is 0.133. The number of nitro benzene ring substituents is 1. The molecule has 0 saturated carbocycles. The summed E-state index contributed by atoms with van der Waals surface area (Å²) in [6.07, 6.45) is 1.63. The van der Waals surface area contributed by atoms with Crippen LogP contribution in [0.15, 0.2) is 54.6 Å². The number of carbonyl (C=O) groups excluding carboxylic acids is 1. The van der Waals surface area contributed by atoms with Crippen LogP contribution in [0.4, 0.5) is 5.69 Å². The molecule has 0 aromatic heterocycles. The minimum atomic E-state index is -0.505. The summed E-state index contributed by atoms with van der Waals surface area (Å²) in [6.45, 7) is 0.740. The fourth-order valence-corrected chi connectivity index (χ4v) is 1.49. The number of nitrogens with two attached hydrogens (primary N) is 1. The number of hydrogen-bond acceptors (Lipinski definition) is 4. The van der Waals surface area contributed by atoms with Crippen molar-refractivity contribution in [2.45, 2.75) is 6.42 Å². The first-order valence-corrected chi connectivity index (χ1v) is 6.11. The molecule has 2 N–H and O–H groups in total. The van der Waals surface area contributed by atoms with Gasteiger partial charge in [-0.15, -0.1) is 0 Å². The first kappa shape index (κ1) is 15.5. The molecular weight excluding hydrogens is 256 g/mol. The third kappa shape index (κ3) is 5.41. The molecule has 0 aliphatic rings. The summed E-state index contributed by atoms with van der Waals surface area (Å²) in [7, 11) is 0. The van der Waals surface area contributed by atoms with Gasteiger partial charge in [-0.2, -0.15) is 0 Å². The van der Waals surface area contributed by atoms with E-state index in [1.807, 2.05) is 18.2 Å². The number of non-ortho nitro benzene ring substituents is 1. The number of aldehydes is 1. The van der Waals surface area contributed by atoms with E-state index in [4.69, 9.17) is 5.73 Å². The van der Waals surface area contributed by atoms with E-state index < -0.39 is 4.92 Å². The molecule has 0 fully saturated rings. The zero-order valence-corrected chi connectivity index (χ0v) is 10.9. The van der Waals surface area contributed by atoms with E-state index in [9.17, 15) is 14.9 Å². The number of benzene rings is 2. The molecule has 2 rings (SSSR count). The van der Waals surface area contributed by atoms with E-state index in [0.717, 1.165) is 13.0 Å². The predicted molar refractivity (Wildman–Crippen MR) is 77.7 cm³/mol. The normalized spacial score (nSPS) is 9.25. The summed E-state index contributed by atoms with van der Waals surface area (Å²) in [6, 6.07) is 15.7. The first-order chi connectivity index (χ1) is 9.67. The standard InChI is InChI=1S/C8H11N.C7H5NO3/c9-7-6-8-4-2-1-3-5-8;9-5-6-1-3-7(4-2-6)8(10)11/h1-5H,6-7,9H2;1-5H. The molecule has 5 heteroatoms. The van der Waals surface area contributed by atoms with Crippen LogP contribution in [0.2, 0.25) is 0 Å². The quantitative estimate of drug-likeness (QED) is 0.526. The molecule has 0 spiro atoms. The maximum absolute atomic E-state index is 10.1. The summed E-state index contributed by atoms with van der Waals surface area (Å²) in [5, 5.41) is 10.1. The van der Waals surface area contributed by atoms with Gasteiger partial charge in [-0.3, -0.25) is 14.9 Å². The number of carbonyl (C=O) groups is 1. The molecule has 2 aromatic carbocycles. The van der Waals surface area contributed by atoms with Crippen LogP contribution in [0.1, 0.15) is 15.9 Å². The molecule has 0 heterocycles. The van der Waals surface area contributed by atoms with Gasteiger partial charge in [-0.1, -0.05) is 30.3 Å². The number of rotatable bonds is 4. The van der Waals surface area contributed by atoms with Crippen LogP contribution in [0.3, 0.4) is 0 Å². The van der Waals surface area contributed by atoms with Gasteiger partial charge in [0, 0.05) is 17.7 Å². The first-order valence-electron chi connectivity index (χ1n) is 6.11. The largest absolute Gasteiger partial charge is 0.330 e. The summed E-state index contributed by atoms with van der Waals surface area (Å²) in [5.74, 6) is 0. The van der Waals surface area contributed by atoms with E-state index in [-0.39, 0.29) is 5.69 Å². The van der Waals surface area contributed by atoms with Gasteiger partial charge in [0.2, 0.25) is 0 Å². The second-order valence-electron chi connectivity index (χ2n) is 3.99. The lowest BCUT2D eigenvalue weighted by atomic mass is 10.2. The third-order valence-electron chi connectivity index (χ3n) is 2.52. The zero-order chi connectivity index (χ0) is 14.8. The molecule has 104 valence electrons. The van der Waals surface area contributed by atoms with Crippen LogP contribution in [0.25, 0.3) is 0 Å². The Bertz CT molecular complexity index is 539. The Balaban J connectivity index is 0.000000204. The highest BCUT2D eigenvalue weighted by Crippen LogP contribution is 2.10. The Labute approximate surface area is 117 Å². The Morgan fingerprint density at radius 3 is 2.10 bits per heavy atom. The molecule has 0 aliphatic heterocycles. The van der Waals surface area contributed by atoms with E-state index in [2.05, 4.69) is 12.1 Å². The monoisotopic (exact) mass is 272 g/mol. The fourth-order valence-electron chi connectivity index (χ4n) is 1.49. The second kappa shape index (κ2) is 8.55. The van der Waals surface area contributed by atoms with Gasteiger partial charge in [0.25, 0.3) is 5.69 Å². The Morgan fingerprint density at radius 2 is 1.65 bits per heavy atom. The number of nitrogens with zero attached hydrogens (tertiary/aromatic N) is 1. The second-order valence-corrected chi connectivity index (χ2v) is 3.99. The lowest BCUT2D eigenvalue weighted by molar-refractivity contribution is -0.384. The predicted octanol–water partition coefficient (Wildman–Crippen LogP) is 2.60. The van der Waals surface area contributed by atoms with Crippen molar-refractivity contribution in [2.24, 2.45) is 5.73 Å². The Hall–Kier alpha value is -2.53. The van der Waals surface area contributed by atoms with Crippen molar-refractivity contribution in [2.75, 3.05) is 6.54 Å². The highest BCUT2D eigenvalue weighted by molar-refractivity contribution is 5.75. The molecule has 0 bridgehead atoms. The summed E-state index contributed by atoms with van der Waals surface area (Å²) < 4.78 is 0. The average molecular weight is 272 g/mol. The zero-order valence-electron chi connectivity index (χ0n) is 10.9. The van der Waals surface area contributed by atoms with Crippen LogP contribution >= 0.6 is 0 Å². The maximum Gasteiger partial charge on any atom is 0.269 e. The van der Waals surface area contributed by atoms with Crippen molar-refractivity contribution < 1.29 is 9.72 Å². The van der Waals surface area contributed by atoms with Crippen LogP contribution < -0.4 is 5.73 Å². The summed E-state index contributed by atoms with van der Waals surface area (Å²) in [5.41, 5.74) is 7.12. The Kier molecular flexibility index (Phi) is 6.64. The lowest BCUT2D eigenvalue weighted by Crippen LogP contribution is -2.01. The summed E-state index contributed by atoms with van der Waals surface area (Å²) >= 11 is 0. The minimum Gasteiger partial charge on any atom is -0.330 e. The van der Waals surface area contributed by atoms with Gasteiger partial charge in [0.05, 0.1) is 4.92 Å². The van der Waals surface area contributed by atoms with Gasteiger partial charge in [0.15, 0.2) is 0 Å². The van der Waals surface area contributed by atoms with Crippen LogP contribution in [0, 0.1) is 10.1 Å². The van der Waals surface area contributed by atoms with Gasteiger partial charge >= 0.3 is 0 Å². The third-order valence-corrected chi connectivity index (χ3v) is 2.52. The van der Waals surface area contributed by atoms with E-state index in [0.29, 0.717) is 11.8 Å². The van der Waals surface area contributed by atoms with Gasteiger partial charge in [-0.25, -0.2) is 0 Å². The molecule has 5 nitrogen and oxygen atoms in total. The van der Waals surface area contributed by atoms with Crippen LogP contribution in [0.5, 0.6) is 0 Å². The molecule has 0 radical (unpaired) electrons. The molecule has 0 saturated heterocycles. The minimum absolute atomic E-state index is 0.00407. The topological polar surface area (TPSA) is 86.2 Å². The van der Waals surface area contributed by atoms with Gasteiger partial charge in [0.1, 0.15) is 6.29 Å². The van der Waals surface area contributed by atoms with Crippen LogP contribution in [-0.2, 0) is 6.42 Å². The van der Waals surface area contributed by atoms with Crippen molar-refractivity contribution in [1.82, 2.24) is 0 Å². The van der Waals surface area contributed by atoms with Crippen molar-refractivity contribution in [1.29, 1.82) is 0 Å². The van der Waals surface area contributed by atoms with E-state index in [1.165, 1.54) is 29.8 Å². The molecule has 0 atom stereocenters. The average Bonchev–Trinajstić information content (AvgIpc) is 2.49. The maximum atomic E-state index is 10.1. The SMILES string of the molecule is NCCc1ccccc1.O=Cc1ccc([N+](=O)[O-])cc1. The van der Waals surface area contributed by atoms with Crippen molar-refractivity contribution in [3.63, 3.8) is 0 Å². The molecule has 0 aliphatic carbocycles. The molecular formula is C15H16N2O3. The lowest BCUT2D eigenvalue weighted by Gasteiger charge is -1.93. The smallest absolute Gasteiger partial charge is 0.269 e. The summed E-state index contributed by atoms with van der Waals surface area (Å²) in [4.78, 5) is 19.7. The van der Waals surface area contributed by atoms with Crippen molar-refractivity contribution in [3.8, 4) is 0 Å². The van der Waals surface area contributed by atoms with Crippen LogP contribution in [-0.4, -0.2) is 17.8 Å². The molecule has 0 unspecified atom stereocenters. The highest BCUT2D eigenvalue weighted by Gasteiger charge is 2.02. The molecule has 0 amide bonds. The molecule has 2 aromatic rings. The van der Waals surface area contributed by atoms with E-state index in [1.54, 1.807) is 0 Å². The highest BCUT2D eigenvalue weighted by atomic mass is 16.6. The number of hydrogen-bond donors (Lipinski definition) is 1.